The predicted molar refractivity (Wildman–Crippen MR) is 122 cm³/mol. The molecule has 1 fully saturated rings. The number of amides is 1. The highest BCUT2D eigenvalue weighted by Gasteiger charge is 2.43. The molecule has 34 heavy (non-hydrogen) atoms. The Morgan fingerprint density at radius 2 is 2.09 bits per heavy atom. The number of ketones is 1. The topological polar surface area (TPSA) is 137 Å². The standard InChI is InChI=1S/C22H21N9O3/c1-12-26-11-30(28-12)21-19-18(17(34-2)8-25-21)15(7-24-19)20(32)22(33)29-9-13-5-27-31(16(13)10-29)14-3-4-23-6-14/h3-8,11,13,16,23-24H,9-10H2,1-2H3. The number of aromatic nitrogens is 6. The second-order valence-electron chi connectivity index (χ2n) is 8.29. The average Bonchev–Trinajstić information content (AvgIpc) is 3.65. The molecule has 2 N–H and O–H groups in total. The molecule has 172 valence electrons. The second kappa shape index (κ2) is 7.54. The van der Waals surface area contributed by atoms with Crippen LogP contribution in [0.1, 0.15) is 16.2 Å². The maximum atomic E-state index is 13.4. The summed E-state index contributed by atoms with van der Waals surface area (Å²) in [5, 5.41) is 11.2. The van der Waals surface area contributed by atoms with Crippen molar-refractivity contribution in [1.82, 2.24) is 34.6 Å². The molecular formula is C22H21N9O3. The third kappa shape index (κ3) is 2.99. The molecule has 4 aromatic heterocycles. The van der Waals surface area contributed by atoms with Crippen LogP contribution in [0, 0.1) is 12.8 Å². The molecule has 1 amide bonds. The first kappa shape index (κ1) is 20.1. The number of hydrogen-bond acceptors (Lipinski definition) is 8. The molecule has 2 aliphatic rings. The molecular weight excluding hydrogens is 438 g/mol. The number of nitrogens with one attached hydrogen (secondary N) is 2. The van der Waals surface area contributed by atoms with Crippen LogP contribution in [0.2, 0.25) is 0 Å². The number of methoxy groups -OCH3 is 1. The van der Waals surface area contributed by atoms with Crippen LogP contribution in [0.4, 0.5) is 5.69 Å². The summed E-state index contributed by atoms with van der Waals surface area (Å²) in [5.41, 5.74) is 1.68. The van der Waals surface area contributed by atoms with Gasteiger partial charge in [0, 0.05) is 43.8 Å². The van der Waals surface area contributed by atoms with Crippen LogP contribution in [-0.2, 0) is 4.79 Å². The maximum absolute atomic E-state index is 13.4. The molecule has 0 saturated carbocycles. The summed E-state index contributed by atoms with van der Waals surface area (Å²) in [7, 11) is 1.50. The number of pyridine rings is 1. The van der Waals surface area contributed by atoms with Gasteiger partial charge in [0.15, 0.2) is 5.82 Å². The van der Waals surface area contributed by atoms with Gasteiger partial charge >= 0.3 is 0 Å². The van der Waals surface area contributed by atoms with Crippen molar-refractivity contribution in [1.29, 1.82) is 0 Å². The number of anilines is 1. The number of aryl methyl sites for hydroxylation is 1. The van der Waals surface area contributed by atoms with Gasteiger partial charge in [-0.25, -0.2) is 14.6 Å². The lowest BCUT2D eigenvalue weighted by atomic mass is 10.1. The van der Waals surface area contributed by atoms with Gasteiger partial charge in [-0.2, -0.15) is 10.2 Å². The number of hydrogen-bond donors (Lipinski definition) is 2. The van der Waals surface area contributed by atoms with Gasteiger partial charge in [-0.15, -0.1) is 0 Å². The number of likely N-dealkylation sites (tertiary alicyclic amines) is 1. The molecule has 0 aromatic carbocycles. The maximum Gasteiger partial charge on any atom is 0.295 e. The zero-order valence-electron chi connectivity index (χ0n) is 18.5. The summed E-state index contributed by atoms with van der Waals surface area (Å²) < 4.78 is 6.98. The van der Waals surface area contributed by atoms with Crippen molar-refractivity contribution < 1.29 is 14.3 Å². The van der Waals surface area contributed by atoms with Crippen LogP contribution in [0.3, 0.4) is 0 Å². The van der Waals surface area contributed by atoms with E-state index in [1.807, 2.05) is 29.7 Å². The lowest BCUT2D eigenvalue weighted by Crippen LogP contribution is -2.38. The number of hydrazone groups is 1. The third-order valence-electron chi connectivity index (χ3n) is 6.30. The van der Waals surface area contributed by atoms with Crippen molar-refractivity contribution >= 4 is 34.5 Å². The first-order chi connectivity index (χ1) is 16.5. The minimum Gasteiger partial charge on any atom is -0.494 e. The molecule has 1 saturated heterocycles. The van der Waals surface area contributed by atoms with Gasteiger partial charge in [-0.3, -0.25) is 14.6 Å². The smallest absolute Gasteiger partial charge is 0.295 e. The highest BCUT2D eigenvalue weighted by Crippen LogP contribution is 2.34. The third-order valence-corrected chi connectivity index (χ3v) is 6.30. The second-order valence-corrected chi connectivity index (χ2v) is 8.29. The zero-order valence-corrected chi connectivity index (χ0v) is 18.5. The van der Waals surface area contributed by atoms with E-state index in [1.165, 1.54) is 30.5 Å². The molecule has 4 aromatic rings. The number of rotatable bonds is 5. The summed E-state index contributed by atoms with van der Waals surface area (Å²) in [6.07, 6.45) is 10.1. The molecule has 2 unspecified atom stereocenters. The number of Topliss-reactive ketones (excluding diaryl/α,β-unsaturated/α-hetero) is 1. The first-order valence-electron chi connectivity index (χ1n) is 10.8. The van der Waals surface area contributed by atoms with Crippen LogP contribution >= 0.6 is 0 Å². The van der Waals surface area contributed by atoms with Gasteiger partial charge in [0.1, 0.15) is 17.9 Å². The fourth-order valence-corrected chi connectivity index (χ4v) is 4.66. The fourth-order valence-electron chi connectivity index (χ4n) is 4.66. The molecule has 0 radical (unpaired) electrons. The summed E-state index contributed by atoms with van der Waals surface area (Å²) in [5.74, 6) is 0.321. The van der Waals surface area contributed by atoms with Gasteiger partial charge < -0.3 is 19.6 Å². The molecule has 6 heterocycles. The van der Waals surface area contributed by atoms with E-state index in [4.69, 9.17) is 4.74 Å². The van der Waals surface area contributed by atoms with Crippen LogP contribution in [0.25, 0.3) is 16.7 Å². The quantitative estimate of drug-likeness (QED) is 0.339. The van der Waals surface area contributed by atoms with E-state index in [0.717, 1.165) is 5.69 Å². The van der Waals surface area contributed by atoms with Crippen LogP contribution in [-0.4, -0.2) is 78.8 Å². The van der Waals surface area contributed by atoms with E-state index in [0.29, 0.717) is 41.4 Å². The van der Waals surface area contributed by atoms with Crippen molar-refractivity contribution in [3.8, 4) is 11.6 Å². The molecule has 0 bridgehead atoms. The number of nitrogens with zero attached hydrogens (tertiary/aromatic N) is 7. The Morgan fingerprint density at radius 1 is 1.21 bits per heavy atom. The molecule has 12 heteroatoms. The van der Waals surface area contributed by atoms with Crippen LogP contribution < -0.4 is 9.75 Å². The largest absolute Gasteiger partial charge is 0.494 e. The van der Waals surface area contributed by atoms with Gasteiger partial charge in [0.25, 0.3) is 11.7 Å². The summed E-state index contributed by atoms with van der Waals surface area (Å²) in [6, 6.07) is 1.92. The number of carbonyl (C=O) groups is 2. The highest BCUT2D eigenvalue weighted by atomic mass is 16.5. The minimum absolute atomic E-state index is 0.00332. The van der Waals surface area contributed by atoms with E-state index >= 15 is 0 Å². The molecule has 6 rings (SSSR count). The van der Waals surface area contributed by atoms with Crippen molar-refractivity contribution in [2.75, 3.05) is 25.2 Å². The van der Waals surface area contributed by atoms with E-state index in [1.54, 1.807) is 11.8 Å². The number of carbonyl (C=O) groups excluding carboxylic acids is 2. The van der Waals surface area contributed by atoms with Crippen LogP contribution in [0.15, 0.2) is 42.3 Å². The zero-order chi connectivity index (χ0) is 23.4. The van der Waals surface area contributed by atoms with Crippen LogP contribution in [0.5, 0.6) is 5.75 Å². The monoisotopic (exact) mass is 459 g/mol. The first-order valence-corrected chi connectivity index (χ1v) is 10.8. The summed E-state index contributed by atoms with van der Waals surface area (Å²) in [6.45, 7) is 2.61. The number of aromatic amines is 2. The molecule has 0 aliphatic carbocycles. The Bertz CT molecular complexity index is 1440. The molecule has 0 spiro atoms. The summed E-state index contributed by atoms with van der Waals surface area (Å²) in [4.78, 5) is 42.9. The van der Waals surface area contributed by atoms with Gasteiger partial charge in [-0.1, -0.05) is 0 Å². The van der Waals surface area contributed by atoms with Crippen molar-refractivity contribution in [2.45, 2.75) is 13.0 Å². The Morgan fingerprint density at radius 3 is 2.82 bits per heavy atom. The minimum atomic E-state index is -0.610. The van der Waals surface area contributed by atoms with Gasteiger partial charge in [0.05, 0.1) is 41.5 Å². The van der Waals surface area contributed by atoms with Gasteiger partial charge in [0.2, 0.25) is 0 Å². The molecule has 12 nitrogen and oxygen atoms in total. The predicted octanol–water partition coefficient (Wildman–Crippen LogP) is 1.30. The van der Waals surface area contributed by atoms with Crippen molar-refractivity contribution in [3.63, 3.8) is 0 Å². The number of H-pyrrole nitrogens is 2. The molecule has 2 atom stereocenters. The fraction of sp³-hybridized carbons (Fsp3) is 0.273. The van der Waals surface area contributed by atoms with E-state index in [2.05, 4.69) is 30.1 Å². The number of fused-ring (bicyclic) bond motifs is 2. The van der Waals surface area contributed by atoms with E-state index in [-0.39, 0.29) is 17.5 Å². The lowest BCUT2D eigenvalue weighted by molar-refractivity contribution is -0.125. The van der Waals surface area contributed by atoms with E-state index in [9.17, 15) is 9.59 Å². The Kier molecular flexibility index (Phi) is 4.47. The van der Waals surface area contributed by atoms with E-state index < -0.39 is 11.7 Å². The Labute approximate surface area is 193 Å². The Balaban J connectivity index is 1.31. The normalized spacial score (nSPS) is 19.2. The van der Waals surface area contributed by atoms with Crippen molar-refractivity contribution in [2.24, 2.45) is 11.0 Å². The molecule has 2 aliphatic heterocycles. The highest BCUT2D eigenvalue weighted by molar-refractivity contribution is 6.45. The number of ether oxygens (including phenoxy) is 1. The summed E-state index contributed by atoms with van der Waals surface area (Å²) >= 11 is 0. The average molecular weight is 459 g/mol. The lowest BCUT2D eigenvalue weighted by Gasteiger charge is -2.22. The van der Waals surface area contributed by atoms with Gasteiger partial charge in [-0.05, 0) is 13.0 Å². The van der Waals surface area contributed by atoms with Crippen molar-refractivity contribution in [3.05, 3.63) is 48.6 Å². The Hall–Kier alpha value is -4.48. The SMILES string of the molecule is COc1cnc(-n2cnc(C)n2)c2[nH]cc(C(=O)C(=O)N3CC4C=NN(c5cc[nH]c5)C4C3)c12.